The van der Waals surface area contributed by atoms with Crippen LogP contribution in [-0.4, -0.2) is 28.9 Å². The molecule has 1 aromatic carbocycles. The monoisotopic (exact) mass is 347 g/mol. The molecule has 0 aliphatic carbocycles. The van der Waals surface area contributed by atoms with Crippen molar-refractivity contribution in [3.05, 3.63) is 59.7 Å². The molecule has 138 valence electrons. The summed E-state index contributed by atoms with van der Waals surface area (Å²) in [6.45, 7) is 9.68. The molecule has 2 rings (SSSR count). The summed E-state index contributed by atoms with van der Waals surface area (Å²) in [5.41, 5.74) is 1.89. The van der Waals surface area contributed by atoms with E-state index in [9.17, 15) is 9.50 Å². The van der Waals surface area contributed by atoms with Gasteiger partial charge in [0.2, 0.25) is 0 Å². The van der Waals surface area contributed by atoms with Crippen LogP contribution in [0.4, 0.5) is 4.39 Å². The molecule has 2 atom stereocenters. The number of aliphatic hydroxyl groups is 1. The fourth-order valence-electron chi connectivity index (χ4n) is 3.06. The maximum Gasteiger partial charge on any atom is 0.128 e. The topological polar surface area (TPSA) is 29.6 Å². The Balaban J connectivity index is 2.08. The summed E-state index contributed by atoms with van der Waals surface area (Å²) < 4.78 is 16.1. The van der Waals surface area contributed by atoms with E-state index >= 15 is 0 Å². The zero-order valence-corrected chi connectivity index (χ0v) is 15.7. The van der Waals surface area contributed by atoms with Gasteiger partial charge in [-0.2, -0.15) is 0 Å². The lowest BCUT2D eigenvalue weighted by molar-refractivity contribution is -0.917. The highest BCUT2D eigenvalue weighted by molar-refractivity contribution is 5.19. The molecular formula is C21H32FN2O+. The summed E-state index contributed by atoms with van der Waals surface area (Å²) in [6, 6.07) is 11.1. The third-order valence-corrected chi connectivity index (χ3v) is 4.72. The Labute approximate surface area is 151 Å². The van der Waals surface area contributed by atoms with Crippen LogP contribution in [-0.2, 0) is 13.1 Å². The van der Waals surface area contributed by atoms with Crippen molar-refractivity contribution in [3.8, 4) is 0 Å². The molecule has 0 bridgehead atoms. The van der Waals surface area contributed by atoms with E-state index in [-0.39, 0.29) is 11.9 Å². The number of halogens is 1. The van der Waals surface area contributed by atoms with Gasteiger partial charge in [-0.3, -0.25) is 0 Å². The van der Waals surface area contributed by atoms with Crippen LogP contribution in [0.5, 0.6) is 0 Å². The largest absolute Gasteiger partial charge is 0.387 e. The Morgan fingerprint density at radius 3 is 2.60 bits per heavy atom. The summed E-state index contributed by atoms with van der Waals surface area (Å²) in [5.74, 6) is 0.492. The lowest BCUT2D eigenvalue weighted by Gasteiger charge is -2.23. The first kappa shape index (κ1) is 19.7. The summed E-state index contributed by atoms with van der Waals surface area (Å²) in [6.07, 6.45) is 3.66. The molecule has 2 N–H and O–H groups in total. The van der Waals surface area contributed by atoms with Crippen molar-refractivity contribution in [2.45, 2.75) is 52.8 Å². The highest BCUT2D eigenvalue weighted by Crippen LogP contribution is 2.11. The molecular weight excluding hydrogens is 315 g/mol. The second-order valence-corrected chi connectivity index (χ2v) is 7.34. The van der Waals surface area contributed by atoms with Gasteiger partial charge in [0, 0.05) is 11.8 Å². The van der Waals surface area contributed by atoms with E-state index in [1.807, 2.05) is 31.3 Å². The molecule has 3 nitrogen and oxygen atoms in total. The van der Waals surface area contributed by atoms with Gasteiger partial charge in [0.15, 0.2) is 0 Å². The van der Waals surface area contributed by atoms with Crippen LogP contribution in [0, 0.1) is 11.7 Å². The molecule has 0 aliphatic rings. The van der Waals surface area contributed by atoms with Crippen molar-refractivity contribution in [1.82, 2.24) is 4.57 Å². The first-order valence-corrected chi connectivity index (χ1v) is 9.38. The molecule has 0 amide bonds. The van der Waals surface area contributed by atoms with Gasteiger partial charge in [-0.15, -0.1) is 0 Å². The highest BCUT2D eigenvalue weighted by atomic mass is 19.1. The Hall–Kier alpha value is -1.65. The molecule has 1 heterocycles. The molecule has 25 heavy (non-hydrogen) atoms. The zero-order valence-electron chi connectivity index (χ0n) is 15.7. The van der Waals surface area contributed by atoms with Gasteiger partial charge in [-0.25, -0.2) is 4.39 Å². The van der Waals surface area contributed by atoms with Crippen LogP contribution in [0.2, 0.25) is 0 Å². The third-order valence-electron chi connectivity index (χ3n) is 4.72. The molecule has 0 radical (unpaired) electrons. The van der Waals surface area contributed by atoms with Crippen molar-refractivity contribution in [2.24, 2.45) is 5.92 Å². The predicted molar refractivity (Wildman–Crippen MR) is 100 cm³/mol. The average molecular weight is 347 g/mol. The number of rotatable bonds is 10. The van der Waals surface area contributed by atoms with Crippen LogP contribution in [0.3, 0.4) is 0 Å². The third kappa shape index (κ3) is 6.29. The molecule has 2 aromatic rings. The summed E-state index contributed by atoms with van der Waals surface area (Å²) in [7, 11) is 0. The lowest BCUT2D eigenvalue weighted by Crippen LogP contribution is -3.12. The van der Waals surface area contributed by atoms with Crippen molar-refractivity contribution in [3.63, 3.8) is 0 Å². The van der Waals surface area contributed by atoms with Gasteiger partial charge in [-0.1, -0.05) is 39.0 Å². The molecule has 0 aliphatic heterocycles. The highest BCUT2D eigenvalue weighted by Gasteiger charge is 2.17. The summed E-state index contributed by atoms with van der Waals surface area (Å²) >= 11 is 0. The number of benzene rings is 1. The van der Waals surface area contributed by atoms with Crippen LogP contribution in [0.1, 0.15) is 44.9 Å². The van der Waals surface area contributed by atoms with Crippen molar-refractivity contribution < 1.29 is 14.4 Å². The minimum Gasteiger partial charge on any atom is -0.387 e. The van der Waals surface area contributed by atoms with Crippen LogP contribution >= 0.6 is 0 Å². The van der Waals surface area contributed by atoms with Crippen LogP contribution < -0.4 is 4.90 Å². The standard InChI is InChI=1S/C21H31FN2O/c1-4-20(25)16-23(13-11-17(2)3)15-19-9-7-12-24(19)14-18-8-5-6-10-21(18)22/h5-10,12,17,20,25H,4,11,13-16H2,1-3H3/p+1/t20-/m1/s1. The molecule has 0 saturated carbocycles. The number of aromatic nitrogens is 1. The fraction of sp³-hybridized carbons (Fsp3) is 0.524. The number of quaternary nitrogens is 1. The van der Waals surface area contributed by atoms with E-state index < -0.39 is 0 Å². The van der Waals surface area contributed by atoms with Crippen molar-refractivity contribution in [1.29, 1.82) is 0 Å². The Morgan fingerprint density at radius 1 is 1.16 bits per heavy atom. The number of nitrogens with one attached hydrogen (secondary N) is 1. The van der Waals surface area contributed by atoms with Gasteiger partial charge in [0.05, 0.1) is 18.8 Å². The summed E-state index contributed by atoms with van der Waals surface area (Å²) in [5, 5.41) is 10.1. The first-order valence-electron chi connectivity index (χ1n) is 9.38. The fourth-order valence-corrected chi connectivity index (χ4v) is 3.06. The second-order valence-electron chi connectivity index (χ2n) is 7.34. The quantitative estimate of drug-likeness (QED) is 0.680. The minimum atomic E-state index is -0.267. The van der Waals surface area contributed by atoms with Gasteiger partial charge >= 0.3 is 0 Å². The maximum atomic E-state index is 14.0. The van der Waals surface area contributed by atoms with Gasteiger partial charge in [0.25, 0.3) is 0 Å². The molecule has 0 saturated heterocycles. The molecule has 0 spiro atoms. The van der Waals surface area contributed by atoms with E-state index in [1.54, 1.807) is 6.07 Å². The number of aliphatic hydroxyl groups excluding tert-OH is 1. The van der Waals surface area contributed by atoms with Gasteiger partial charge in [0.1, 0.15) is 25.0 Å². The zero-order chi connectivity index (χ0) is 18.2. The summed E-state index contributed by atoms with van der Waals surface area (Å²) in [4.78, 5) is 1.39. The predicted octanol–water partition coefficient (Wildman–Crippen LogP) is 2.88. The number of hydrogen-bond acceptors (Lipinski definition) is 1. The molecule has 1 unspecified atom stereocenters. The van der Waals surface area contributed by atoms with E-state index in [1.165, 1.54) is 16.7 Å². The van der Waals surface area contributed by atoms with E-state index in [4.69, 9.17) is 0 Å². The second kappa shape index (κ2) is 9.73. The Bertz CT molecular complexity index is 638. The van der Waals surface area contributed by atoms with Crippen molar-refractivity contribution >= 4 is 0 Å². The number of hydrogen-bond donors (Lipinski definition) is 2. The average Bonchev–Trinajstić information content (AvgIpc) is 3.01. The first-order chi connectivity index (χ1) is 12.0. The minimum absolute atomic E-state index is 0.160. The normalized spacial score (nSPS) is 14.0. The molecule has 0 fully saturated rings. The Kier molecular flexibility index (Phi) is 7.66. The van der Waals surface area contributed by atoms with Crippen LogP contribution in [0.15, 0.2) is 42.6 Å². The van der Waals surface area contributed by atoms with Crippen LogP contribution in [0.25, 0.3) is 0 Å². The maximum absolute atomic E-state index is 14.0. The Morgan fingerprint density at radius 2 is 1.92 bits per heavy atom. The number of nitrogens with zero attached hydrogens (tertiary/aromatic N) is 1. The van der Waals surface area contributed by atoms with E-state index in [0.29, 0.717) is 18.0 Å². The molecule has 4 heteroatoms. The lowest BCUT2D eigenvalue weighted by atomic mass is 10.1. The smallest absolute Gasteiger partial charge is 0.128 e. The van der Waals surface area contributed by atoms with E-state index in [2.05, 4.69) is 24.5 Å². The molecule has 1 aromatic heterocycles. The van der Waals surface area contributed by atoms with Crippen molar-refractivity contribution in [2.75, 3.05) is 13.1 Å². The van der Waals surface area contributed by atoms with Gasteiger partial charge < -0.3 is 14.6 Å². The SMILES string of the molecule is CC[C@@H](O)C[NH+](CCC(C)C)Cc1cccn1Cc1ccccc1F. The van der Waals surface area contributed by atoms with Gasteiger partial charge in [-0.05, 0) is 37.0 Å². The van der Waals surface area contributed by atoms with E-state index in [0.717, 1.165) is 32.5 Å².